The van der Waals surface area contributed by atoms with Crippen LogP contribution in [0.5, 0.6) is 0 Å². The van der Waals surface area contributed by atoms with Crippen LogP contribution in [-0.4, -0.2) is 15.5 Å². The van der Waals surface area contributed by atoms with Crippen molar-refractivity contribution in [3.63, 3.8) is 0 Å². The van der Waals surface area contributed by atoms with Crippen LogP contribution in [0.1, 0.15) is 4.88 Å². The van der Waals surface area contributed by atoms with Crippen LogP contribution >= 0.6 is 22.9 Å². The van der Waals surface area contributed by atoms with E-state index in [0.717, 1.165) is 10.4 Å². The van der Waals surface area contributed by atoms with Gasteiger partial charge in [-0.2, -0.15) is 0 Å². The molecule has 0 saturated heterocycles. The van der Waals surface area contributed by atoms with Gasteiger partial charge in [0, 0.05) is 21.5 Å². The quantitative estimate of drug-likeness (QED) is 0.761. The molecule has 0 saturated carbocycles. The van der Waals surface area contributed by atoms with Crippen molar-refractivity contribution in [1.82, 2.24) is 14.9 Å². The Bertz CT molecular complexity index is 889. The van der Waals surface area contributed by atoms with Crippen LogP contribution in [0.3, 0.4) is 0 Å². The first-order valence-electron chi connectivity index (χ1n) is 7.23. The highest BCUT2D eigenvalue weighted by atomic mass is 35.5. The molecule has 0 unspecified atom stereocenters. The summed E-state index contributed by atoms with van der Waals surface area (Å²) in [6.45, 7) is 0.402. The molecule has 3 rings (SSSR count). The fraction of sp³-hybridized carbons (Fsp3) is 0.118. The maximum absolute atomic E-state index is 12.2. The minimum atomic E-state index is -0.277. The topological polar surface area (TPSA) is 64.0 Å². The molecule has 0 radical (unpaired) electrons. The lowest BCUT2D eigenvalue weighted by molar-refractivity contribution is -0.121. The molecule has 0 aliphatic carbocycles. The van der Waals surface area contributed by atoms with E-state index in [-0.39, 0.29) is 18.0 Å². The van der Waals surface area contributed by atoms with Crippen LogP contribution in [0.4, 0.5) is 0 Å². The van der Waals surface area contributed by atoms with E-state index in [2.05, 4.69) is 10.3 Å². The third-order valence-electron chi connectivity index (χ3n) is 3.37. The van der Waals surface area contributed by atoms with Gasteiger partial charge in [0.25, 0.3) is 5.56 Å². The van der Waals surface area contributed by atoms with Crippen molar-refractivity contribution in [3.05, 3.63) is 74.4 Å². The molecule has 122 valence electrons. The van der Waals surface area contributed by atoms with Gasteiger partial charge in [-0.1, -0.05) is 29.8 Å². The molecule has 0 fully saturated rings. The molecule has 0 aliphatic rings. The lowest BCUT2D eigenvalue weighted by Crippen LogP contribution is -2.31. The number of carbonyl (C=O) groups is 1. The minimum absolute atomic E-state index is 0.0574. The average Bonchev–Trinajstić information content (AvgIpc) is 3.09. The minimum Gasteiger partial charge on any atom is -0.350 e. The lowest BCUT2D eigenvalue weighted by atomic mass is 10.1. The largest absolute Gasteiger partial charge is 0.350 e. The van der Waals surface area contributed by atoms with Gasteiger partial charge in [-0.05, 0) is 23.6 Å². The Morgan fingerprint density at radius 3 is 2.71 bits per heavy atom. The second-order valence-corrected chi connectivity index (χ2v) is 6.57. The number of rotatable bonds is 5. The number of amides is 1. The summed E-state index contributed by atoms with van der Waals surface area (Å²) in [6, 6.07) is 12.3. The van der Waals surface area contributed by atoms with E-state index in [0.29, 0.717) is 17.3 Å². The summed E-state index contributed by atoms with van der Waals surface area (Å²) in [7, 11) is 0. The third-order valence-corrected chi connectivity index (χ3v) is 4.50. The smallest absolute Gasteiger partial charge is 0.254 e. The molecular formula is C17H14ClN3O2S. The summed E-state index contributed by atoms with van der Waals surface area (Å²) in [5.74, 6) is -0.230. The lowest BCUT2D eigenvalue weighted by Gasteiger charge is -2.07. The van der Waals surface area contributed by atoms with Crippen LogP contribution in [-0.2, 0) is 17.9 Å². The molecule has 1 N–H and O–H groups in total. The van der Waals surface area contributed by atoms with Crippen molar-refractivity contribution in [2.45, 2.75) is 13.1 Å². The Morgan fingerprint density at radius 2 is 2.04 bits per heavy atom. The molecule has 3 aromatic rings. The molecule has 0 bridgehead atoms. The number of thiophene rings is 1. The summed E-state index contributed by atoms with van der Waals surface area (Å²) in [6.07, 6.45) is 1.39. The molecule has 2 heterocycles. The highest BCUT2D eigenvalue weighted by Gasteiger charge is 2.07. The van der Waals surface area contributed by atoms with Crippen molar-refractivity contribution in [3.8, 4) is 11.3 Å². The fourth-order valence-corrected chi connectivity index (χ4v) is 2.90. The third kappa shape index (κ3) is 4.10. The number of aromatic nitrogens is 2. The Balaban J connectivity index is 1.67. The van der Waals surface area contributed by atoms with Crippen LogP contribution in [0, 0.1) is 0 Å². The number of hydrogen-bond acceptors (Lipinski definition) is 4. The summed E-state index contributed by atoms with van der Waals surface area (Å²) >= 11 is 7.42. The molecule has 5 nitrogen and oxygen atoms in total. The van der Waals surface area contributed by atoms with Gasteiger partial charge in [0.15, 0.2) is 0 Å². The number of nitrogens with one attached hydrogen (secondary N) is 1. The zero-order valence-corrected chi connectivity index (χ0v) is 14.2. The number of carbonyl (C=O) groups excluding carboxylic acids is 1. The van der Waals surface area contributed by atoms with Crippen molar-refractivity contribution in [1.29, 1.82) is 0 Å². The predicted octanol–water partition coefficient (Wildman–Crippen LogP) is 2.94. The van der Waals surface area contributed by atoms with Gasteiger partial charge in [0.05, 0.1) is 18.6 Å². The zero-order chi connectivity index (χ0) is 16.9. The van der Waals surface area contributed by atoms with Crippen molar-refractivity contribution >= 4 is 28.8 Å². The van der Waals surface area contributed by atoms with Gasteiger partial charge < -0.3 is 5.32 Å². The fourth-order valence-electron chi connectivity index (χ4n) is 2.13. The molecule has 0 atom stereocenters. The normalized spacial score (nSPS) is 10.5. The maximum Gasteiger partial charge on any atom is 0.254 e. The molecule has 0 spiro atoms. The summed E-state index contributed by atoms with van der Waals surface area (Å²) in [5.41, 5.74) is 1.07. The van der Waals surface area contributed by atoms with E-state index in [9.17, 15) is 9.59 Å². The van der Waals surface area contributed by atoms with Gasteiger partial charge in [0.1, 0.15) is 6.54 Å². The maximum atomic E-state index is 12.2. The van der Waals surface area contributed by atoms with Crippen molar-refractivity contribution in [2.24, 2.45) is 0 Å². The molecule has 1 aromatic carbocycles. The van der Waals surface area contributed by atoms with Gasteiger partial charge in [-0.3, -0.25) is 14.2 Å². The standard InChI is InChI=1S/C17H14ClN3O2S/c18-13-5-3-12(4-6-13)15-8-17(23)21(11-20-15)10-16(22)19-9-14-2-1-7-24-14/h1-8,11H,9-10H2,(H,19,22). The summed E-state index contributed by atoms with van der Waals surface area (Å²) in [5, 5.41) is 5.35. The van der Waals surface area contributed by atoms with Crippen molar-refractivity contribution in [2.75, 3.05) is 0 Å². The monoisotopic (exact) mass is 359 g/mol. The van der Waals surface area contributed by atoms with Crippen molar-refractivity contribution < 1.29 is 4.79 Å². The van der Waals surface area contributed by atoms with Crippen LogP contribution in [0.25, 0.3) is 11.3 Å². The second-order valence-electron chi connectivity index (χ2n) is 5.10. The molecule has 0 aliphatic heterocycles. The zero-order valence-electron chi connectivity index (χ0n) is 12.6. The van der Waals surface area contributed by atoms with Crippen LogP contribution in [0.15, 0.2) is 59.0 Å². The average molecular weight is 360 g/mol. The van der Waals surface area contributed by atoms with Crippen LogP contribution in [0.2, 0.25) is 5.02 Å². The first kappa shape index (κ1) is 16.4. The summed E-state index contributed by atoms with van der Waals surface area (Å²) in [4.78, 5) is 29.4. The molecule has 2 aromatic heterocycles. The van der Waals surface area contributed by atoms with Gasteiger partial charge in [-0.25, -0.2) is 4.98 Å². The Kier molecular flexibility index (Phi) is 5.08. The van der Waals surface area contributed by atoms with Gasteiger partial charge in [0.2, 0.25) is 5.91 Å². The Hall–Kier alpha value is -2.44. The van der Waals surface area contributed by atoms with E-state index in [1.807, 2.05) is 17.5 Å². The molecule has 1 amide bonds. The SMILES string of the molecule is O=C(Cn1cnc(-c2ccc(Cl)cc2)cc1=O)NCc1cccs1. The predicted molar refractivity (Wildman–Crippen MR) is 95.1 cm³/mol. The second kappa shape index (κ2) is 7.42. The van der Waals surface area contributed by atoms with E-state index < -0.39 is 0 Å². The van der Waals surface area contributed by atoms with E-state index >= 15 is 0 Å². The first-order valence-corrected chi connectivity index (χ1v) is 8.49. The molecular weight excluding hydrogens is 346 g/mol. The Morgan fingerprint density at radius 1 is 1.25 bits per heavy atom. The van der Waals surface area contributed by atoms with Crippen LogP contribution < -0.4 is 10.9 Å². The highest BCUT2D eigenvalue weighted by Crippen LogP contribution is 2.17. The number of halogens is 1. The Labute approximate surface area is 147 Å². The first-order chi connectivity index (χ1) is 11.6. The number of benzene rings is 1. The molecule has 24 heavy (non-hydrogen) atoms. The van der Waals surface area contributed by atoms with E-state index in [4.69, 9.17) is 11.6 Å². The molecule has 7 heteroatoms. The van der Waals surface area contributed by atoms with Gasteiger partial charge >= 0.3 is 0 Å². The highest BCUT2D eigenvalue weighted by molar-refractivity contribution is 7.09. The van der Waals surface area contributed by atoms with E-state index in [1.165, 1.54) is 17.0 Å². The summed E-state index contributed by atoms with van der Waals surface area (Å²) < 4.78 is 1.28. The van der Waals surface area contributed by atoms with Gasteiger partial charge in [-0.15, -0.1) is 11.3 Å². The van der Waals surface area contributed by atoms with E-state index in [1.54, 1.807) is 35.6 Å². The number of nitrogens with zero attached hydrogens (tertiary/aromatic N) is 2. The number of hydrogen-bond donors (Lipinski definition) is 1.